The highest BCUT2D eigenvalue weighted by Gasteiger charge is 2.52. The van der Waals surface area contributed by atoms with E-state index in [0.29, 0.717) is 5.56 Å². The van der Waals surface area contributed by atoms with Gasteiger partial charge in [-0.05, 0) is 63.7 Å². The molecule has 3 atom stereocenters. The van der Waals surface area contributed by atoms with Crippen LogP contribution in [0, 0.1) is 10.8 Å². The van der Waals surface area contributed by atoms with E-state index in [1.54, 1.807) is 71.9 Å². The topological polar surface area (TPSA) is 126 Å². The van der Waals surface area contributed by atoms with Gasteiger partial charge in [-0.3, -0.25) is 14.3 Å². The normalized spacial score (nSPS) is 14.1. The van der Waals surface area contributed by atoms with Gasteiger partial charge < -0.3 is 19.5 Å². The van der Waals surface area contributed by atoms with Crippen molar-refractivity contribution in [2.24, 2.45) is 10.8 Å². The predicted octanol–water partition coefficient (Wildman–Crippen LogP) is 5.85. The minimum atomic E-state index is -2.25. The number of carbonyl (C=O) groups excluding carboxylic acids is 3. The fourth-order valence-corrected chi connectivity index (χ4v) is 3.73. The highest BCUT2D eigenvalue weighted by Crippen LogP contribution is 2.40. The van der Waals surface area contributed by atoms with E-state index in [4.69, 9.17) is 23.5 Å². The van der Waals surface area contributed by atoms with Gasteiger partial charge in [0.15, 0.2) is 6.79 Å². The molecule has 3 unspecified atom stereocenters. The Balaban J connectivity index is 2.31. The monoisotopic (exact) mass is 576 g/mol. The number of amides is 1. The summed E-state index contributed by atoms with van der Waals surface area (Å²) in [5.41, 5.74) is -0.370. The summed E-state index contributed by atoms with van der Waals surface area (Å²) in [6, 6.07) is 18.0. The summed E-state index contributed by atoms with van der Waals surface area (Å²) in [5.74, 6) is -4.42. The molecule has 40 heavy (non-hydrogen) atoms. The second-order valence-corrected chi connectivity index (χ2v) is 11.5. The number of rotatable bonds is 13. The van der Waals surface area contributed by atoms with Crippen LogP contribution in [0.3, 0.4) is 0 Å². The fourth-order valence-electron chi connectivity index (χ4n) is 3.37. The lowest BCUT2D eigenvalue weighted by molar-refractivity contribution is -0.356. The molecule has 0 heterocycles. The molecule has 0 fully saturated rings. The van der Waals surface area contributed by atoms with Gasteiger partial charge in [0.2, 0.25) is 0 Å². The molecule has 0 spiro atoms. The van der Waals surface area contributed by atoms with Crippen LogP contribution in [0.5, 0.6) is 0 Å². The molecule has 2 aromatic rings. The van der Waals surface area contributed by atoms with Gasteiger partial charge in [-0.15, -0.1) is 0 Å². The molecule has 2 aromatic carbocycles. The van der Waals surface area contributed by atoms with Crippen molar-refractivity contribution in [1.82, 2.24) is 5.32 Å². The van der Waals surface area contributed by atoms with Crippen molar-refractivity contribution in [1.29, 1.82) is 0 Å². The molecule has 1 amide bonds. The Hall–Kier alpha value is -3.33. The quantitative estimate of drug-likeness (QED) is 0.135. The summed E-state index contributed by atoms with van der Waals surface area (Å²) in [5, 5.41) is 2.67. The van der Waals surface area contributed by atoms with Crippen molar-refractivity contribution >= 4 is 26.7 Å². The average molecular weight is 577 g/mol. The zero-order valence-electron chi connectivity index (χ0n) is 23.9. The lowest BCUT2D eigenvalue weighted by Gasteiger charge is -2.36. The first-order valence-electron chi connectivity index (χ1n) is 12.9. The molecule has 0 aliphatic rings. The van der Waals surface area contributed by atoms with Crippen LogP contribution in [0.2, 0.25) is 0 Å². The smallest absolute Gasteiger partial charge is 0.445 e. The van der Waals surface area contributed by atoms with Gasteiger partial charge in [-0.2, -0.15) is 0 Å². The molecule has 0 radical (unpaired) electrons. The highest BCUT2D eigenvalue weighted by atomic mass is 31.1. The molecule has 0 aliphatic heterocycles. The molecule has 0 aliphatic carbocycles. The van der Waals surface area contributed by atoms with Crippen molar-refractivity contribution in [2.45, 2.75) is 66.5 Å². The number of benzene rings is 2. The Morgan fingerprint density at radius 1 is 0.825 bits per heavy atom. The van der Waals surface area contributed by atoms with Gasteiger partial charge in [-0.25, -0.2) is 4.79 Å². The summed E-state index contributed by atoms with van der Waals surface area (Å²) < 4.78 is 39.6. The van der Waals surface area contributed by atoms with Crippen LogP contribution in [0.25, 0.3) is 0 Å². The van der Waals surface area contributed by atoms with Crippen molar-refractivity contribution in [3.8, 4) is 0 Å². The maximum absolute atomic E-state index is 13.1. The minimum Gasteiger partial charge on any atom is -0.445 e. The lowest BCUT2D eigenvalue weighted by atomic mass is 9.92. The Morgan fingerprint density at radius 3 is 1.95 bits per heavy atom. The van der Waals surface area contributed by atoms with Gasteiger partial charge in [0, 0.05) is 6.54 Å². The number of carbonyl (C=O) groups is 3. The number of esters is 2. The van der Waals surface area contributed by atoms with E-state index >= 15 is 0 Å². The average Bonchev–Trinajstić information content (AvgIpc) is 2.90. The van der Waals surface area contributed by atoms with Crippen LogP contribution in [-0.2, 0) is 44.2 Å². The number of nitrogens with one attached hydrogen (secondary N) is 1. The molecule has 0 aromatic heterocycles. The molecule has 0 saturated heterocycles. The van der Waals surface area contributed by atoms with E-state index in [2.05, 4.69) is 5.32 Å². The second kappa shape index (κ2) is 14.9. The third-order valence-electron chi connectivity index (χ3n) is 5.64. The van der Waals surface area contributed by atoms with Gasteiger partial charge >= 0.3 is 32.7 Å². The Kier molecular flexibility index (Phi) is 12.2. The Labute approximate surface area is 237 Å². The molecular weight excluding hydrogens is 537 g/mol. The van der Waals surface area contributed by atoms with Crippen molar-refractivity contribution in [3.05, 3.63) is 71.8 Å². The summed E-state index contributed by atoms with van der Waals surface area (Å²) in [6.07, 6.45) is -0.542. The lowest BCUT2D eigenvalue weighted by Crippen LogP contribution is -2.48. The molecule has 218 valence electrons. The van der Waals surface area contributed by atoms with Crippen LogP contribution in [0.4, 0.5) is 4.79 Å². The fraction of sp³-hybridized carbons (Fsp3) is 0.483. The predicted molar refractivity (Wildman–Crippen MR) is 148 cm³/mol. The van der Waals surface area contributed by atoms with Crippen LogP contribution >= 0.6 is 8.69 Å². The zero-order chi connectivity index (χ0) is 29.8. The summed E-state index contributed by atoms with van der Waals surface area (Å²) >= 11 is 0. The minimum absolute atomic E-state index is 0.0540. The van der Waals surface area contributed by atoms with Crippen LogP contribution in [0.15, 0.2) is 60.7 Å². The van der Waals surface area contributed by atoms with E-state index in [1.165, 1.54) is 0 Å². The SMILES string of the molecule is CC(C)(C)C(=O)OCOC(O[PH+]=O)(OC(=O)C(C)(C)C)C(CCNC(=O)OCc1ccccc1)c1ccccc1. The summed E-state index contributed by atoms with van der Waals surface area (Å²) in [4.78, 5) is 37.8. The van der Waals surface area contributed by atoms with Gasteiger partial charge in [0.25, 0.3) is 0 Å². The van der Waals surface area contributed by atoms with E-state index < -0.39 is 56.2 Å². The van der Waals surface area contributed by atoms with Crippen molar-refractivity contribution in [3.63, 3.8) is 0 Å². The molecule has 1 N–H and O–H groups in total. The molecule has 2 rings (SSSR count). The van der Waals surface area contributed by atoms with E-state index in [1.807, 2.05) is 30.3 Å². The first-order valence-corrected chi connectivity index (χ1v) is 13.7. The third-order valence-corrected chi connectivity index (χ3v) is 6.01. The zero-order valence-corrected chi connectivity index (χ0v) is 24.9. The van der Waals surface area contributed by atoms with E-state index in [0.717, 1.165) is 5.56 Å². The first kappa shape index (κ1) is 32.9. The van der Waals surface area contributed by atoms with Crippen molar-refractivity contribution in [2.75, 3.05) is 13.3 Å². The summed E-state index contributed by atoms with van der Waals surface area (Å²) in [7, 11) is -1.40. The first-order chi connectivity index (χ1) is 18.8. The molecule has 11 heteroatoms. The maximum atomic E-state index is 13.1. The van der Waals surface area contributed by atoms with Gasteiger partial charge in [0.05, 0.1) is 16.7 Å². The van der Waals surface area contributed by atoms with Gasteiger partial charge in [0.1, 0.15) is 6.61 Å². The van der Waals surface area contributed by atoms with Crippen molar-refractivity contribution < 1.29 is 42.4 Å². The van der Waals surface area contributed by atoms with Crippen LogP contribution < -0.4 is 5.32 Å². The van der Waals surface area contributed by atoms with Gasteiger partial charge in [-0.1, -0.05) is 65.2 Å². The second-order valence-electron chi connectivity index (χ2n) is 11.1. The number of alkyl carbamates (subject to hydrolysis) is 1. The molecule has 0 bridgehead atoms. The Bertz CT molecular complexity index is 1110. The molecule has 0 saturated carbocycles. The summed E-state index contributed by atoms with van der Waals surface area (Å²) in [6.45, 7) is 9.44. The number of hydrogen-bond donors (Lipinski definition) is 1. The Morgan fingerprint density at radius 2 is 1.40 bits per heavy atom. The van der Waals surface area contributed by atoms with E-state index in [9.17, 15) is 18.9 Å². The number of ether oxygens (including phenoxy) is 4. The third kappa shape index (κ3) is 10.3. The highest BCUT2D eigenvalue weighted by molar-refractivity contribution is 7.17. The largest absolute Gasteiger partial charge is 0.500 e. The molecule has 10 nitrogen and oxygen atoms in total. The molecular formula is C29H39NO9P+. The van der Waals surface area contributed by atoms with Crippen LogP contribution in [0.1, 0.15) is 65.0 Å². The van der Waals surface area contributed by atoms with Crippen LogP contribution in [-0.4, -0.2) is 37.3 Å². The maximum Gasteiger partial charge on any atom is 0.500 e. The number of hydrogen-bond acceptors (Lipinski definition) is 9. The standard InChI is InChI=1S/C29H38NO9P/c1-27(2,3)24(31)36-20-37-29(39-40-34,38-25(32)28(4,5)6)23(22-15-11-8-12-16-22)17-18-30-26(33)35-19-21-13-9-7-10-14-21/h7-16,23,40H,17-20H2,1-6H3/p+1. The van der Waals surface area contributed by atoms with E-state index in [-0.39, 0.29) is 19.6 Å².